The van der Waals surface area contributed by atoms with E-state index in [2.05, 4.69) is 18.6 Å². The summed E-state index contributed by atoms with van der Waals surface area (Å²) in [6.07, 6.45) is 1.34. The molecule has 0 bridgehead atoms. The molecule has 0 aliphatic carbocycles. The first kappa shape index (κ1) is 18.1. The Balaban J connectivity index is 1.99. The molecule has 128 valence electrons. The number of benzene rings is 1. The van der Waals surface area contributed by atoms with Crippen LogP contribution in [0.1, 0.15) is 32.3 Å². The SMILES string of the molecule is CC(C)C[C@@H](CN1CCC(=O)C1)NS(=O)(=O)Cc1ccccc1. The van der Waals surface area contributed by atoms with E-state index < -0.39 is 10.0 Å². The van der Waals surface area contributed by atoms with Gasteiger partial charge in [0.15, 0.2) is 0 Å². The van der Waals surface area contributed by atoms with E-state index in [0.29, 0.717) is 25.4 Å². The van der Waals surface area contributed by atoms with Gasteiger partial charge in [-0.3, -0.25) is 9.69 Å². The number of nitrogens with one attached hydrogen (secondary N) is 1. The number of carbonyl (C=O) groups excluding carboxylic acids is 1. The van der Waals surface area contributed by atoms with Crippen LogP contribution < -0.4 is 4.72 Å². The molecule has 23 heavy (non-hydrogen) atoms. The number of sulfonamides is 1. The van der Waals surface area contributed by atoms with E-state index in [4.69, 9.17) is 0 Å². The second-order valence-corrected chi connectivity index (χ2v) is 8.47. The average Bonchev–Trinajstić information content (AvgIpc) is 2.83. The van der Waals surface area contributed by atoms with Crippen LogP contribution >= 0.6 is 0 Å². The van der Waals surface area contributed by atoms with E-state index in [0.717, 1.165) is 18.5 Å². The molecule has 1 aliphatic rings. The van der Waals surface area contributed by atoms with Crippen LogP contribution in [0.2, 0.25) is 0 Å². The monoisotopic (exact) mass is 338 g/mol. The topological polar surface area (TPSA) is 66.5 Å². The summed E-state index contributed by atoms with van der Waals surface area (Å²) in [6, 6.07) is 9.02. The lowest BCUT2D eigenvalue weighted by Gasteiger charge is -2.25. The smallest absolute Gasteiger partial charge is 0.216 e. The van der Waals surface area contributed by atoms with E-state index in [1.165, 1.54) is 0 Å². The first-order chi connectivity index (χ1) is 10.8. The van der Waals surface area contributed by atoms with Crippen molar-refractivity contribution in [2.75, 3.05) is 19.6 Å². The molecule has 1 aromatic rings. The first-order valence-electron chi connectivity index (χ1n) is 8.12. The van der Waals surface area contributed by atoms with Crippen LogP contribution in [0.4, 0.5) is 0 Å². The van der Waals surface area contributed by atoms with Crippen molar-refractivity contribution in [2.45, 2.75) is 38.5 Å². The van der Waals surface area contributed by atoms with Crippen LogP contribution in [0.5, 0.6) is 0 Å². The molecule has 1 aliphatic heterocycles. The van der Waals surface area contributed by atoms with Crippen LogP contribution in [0.15, 0.2) is 30.3 Å². The van der Waals surface area contributed by atoms with Gasteiger partial charge in [-0.05, 0) is 17.9 Å². The molecule has 0 unspecified atom stereocenters. The van der Waals surface area contributed by atoms with Gasteiger partial charge in [-0.1, -0.05) is 44.2 Å². The maximum Gasteiger partial charge on any atom is 0.216 e. The number of hydrogen-bond donors (Lipinski definition) is 1. The van der Waals surface area contributed by atoms with Crippen molar-refractivity contribution in [3.8, 4) is 0 Å². The zero-order chi connectivity index (χ0) is 16.9. The van der Waals surface area contributed by atoms with Crippen molar-refractivity contribution in [1.29, 1.82) is 0 Å². The average molecular weight is 338 g/mol. The molecule has 0 saturated carbocycles. The highest BCUT2D eigenvalue weighted by Crippen LogP contribution is 2.13. The van der Waals surface area contributed by atoms with E-state index in [1.54, 1.807) is 0 Å². The molecule has 0 amide bonds. The van der Waals surface area contributed by atoms with Gasteiger partial charge in [0.2, 0.25) is 10.0 Å². The second kappa shape index (κ2) is 8.04. The third-order valence-electron chi connectivity index (χ3n) is 3.89. The highest BCUT2D eigenvalue weighted by atomic mass is 32.2. The summed E-state index contributed by atoms with van der Waals surface area (Å²) in [7, 11) is -3.40. The van der Waals surface area contributed by atoms with Gasteiger partial charge in [-0.15, -0.1) is 0 Å². The van der Waals surface area contributed by atoms with Gasteiger partial charge in [-0.2, -0.15) is 0 Å². The second-order valence-electron chi connectivity index (χ2n) is 6.71. The van der Waals surface area contributed by atoms with E-state index in [-0.39, 0.29) is 17.6 Å². The van der Waals surface area contributed by atoms with E-state index >= 15 is 0 Å². The maximum atomic E-state index is 12.4. The van der Waals surface area contributed by atoms with Gasteiger partial charge in [0.1, 0.15) is 5.78 Å². The summed E-state index contributed by atoms with van der Waals surface area (Å²) >= 11 is 0. The molecule has 5 nitrogen and oxygen atoms in total. The minimum Gasteiger partial charge on any atom is -0.298 e. The fourth-order valence-electron chi connectivity index (χ4n) is 2.98. The Morgan fingerprint density at radius 2 is 1.91 bits per heavy atom. The third kappa shape index (κ3) is 6.41. The Kier molecular flexibility index (Phi) is 6.33. The van der Waals surface area contributed by atoms with Crippen LogP contribution in [0.25, 0.3) is 0 Å². The lowest BCUT2D eigenvalue weighted by molar-refractivity contribution is -0.116. The Hall–Kier alpha value is -1.24. The number of nitrogens with zero attached hydrogens (tertiary/aromatic N) is 1. The van der Waals surface area contributed by atoms with Gasteiger partial charge in [0, 0.05) is 25.6 Å². The summed E-state index contributed by atoms with van der Waals surface area (Å²) in [4.78, 5) is 13.4. The summed E-state index contributed by atoms with van der Waals surface area (Å²) in [5.74, 6) is 0.611. The zero-order valence-corrected chi connectivity index (χ0v) is 14.7. The fraction of sp³-hybridized carbons (Fsp3) is 0.588. The molecule has 1 atom stereocenters. The Bertz CT molecular complexity index is 614. The maximum absolute atomic E-state index is 12.4. The lowest BCUT2D eigenvalue weighted by atomic mass is 10.0. The summed E-state index contributed by atoms with van der Waals surface area (Å²) in [5.41, 5.74) is 0.777. The fourth-order valence-corrected chi connectivity index (χ4v) is 4.37. The quantitative estimate of drug-likeness (QED) is 0.785. The molecular weight excluding hydrogens is 312 g/mol. The van der Waals surface area contributed by atoms with E-state index in [9.17, 15) is 13.2 Å². The molecule has 0 aromatic heterocycles. The largest absolute Gasteiger partial charge is 0.298 e. The van der Waals surface area contributed by atoms with Crippen molar-refractivity contribution in [1.82, 2.24) is 9.62 Å². The Labute approximate surface area is 139 Å². The molecule has 0 spiro atoms. The van der Waals surface area contributed by atoms with Crippen LogP contribution in [0.3, 0.4) is 0 Å². The number of Topliss-reactive ketones (excluding diaryl/α,β-unsaturated/α-hetero) is 1. The highest BCUT2D eigenvalue weighted by Gasteiger charge is 2.25. The van der Waals surface area contributed by atoms with Gasteiger partial charge in [-0.25, -0.2) is 13.1 Å². The Morgan fingerprint density at radius 3 is 2.48 bits per heavy atom. The molecule has 1 fully saturated rings. The highest BCUT2D eigenvalue weighted by molar-refractivity contribution is 7.88. The van der Waals surface area contributed by atoms with Crippen molar-refractivity contribution in [3.63, 3.8) is 0 Å². The third-order valence-corrected chi connectivity index (χ3v) is 5.29. The van der Waals surface area contributed by atoms with Gasteiger partial charge in [0.05, 0.1) is 12.3 Å². The van der Waals surface area contributed by atoms with Crippen molar-refractivity contribution in [3.05, 3.63) is 35.9 Å². The normalized spacial score (nSPS) is 17.8. The minimum atomic E-state index is -3.40. The lowest BCUT2D eigenvalue weighted by Crippen LogP contribution is -2.44. The van der Waals surface area contributed by atoms with Crippen LogP contribution in [-0.4, -0.2) is 44.8 Å². The van der Waals surface area contributed by atoms with Gasteiger partial charge < -0.3 is 0 Å². The predicted molar refractivity (Wildman–Crippen MR) is 91.5 cm³/mol. The number of ketones is 1. The molecular formula is C17H26N2O3S. The number of carbonyl (C=O) groups is 1. The Morgan fingerprint density at radius 1 is 1.22 bits per heavy atom. The summed E-state index contributed by atoms with van der Waals surface area (Å²) in [6.45, 7) is 5.92. The number of likely N-dealkylation sites (tertiary alicyclic amines) is 1. The molecule has 1 heterocycles. The summed E-state index contributed by atoms with van der Waals surface area (Å²) in [5, 5.41) is 0. The molecule has 1 aromatic carbocycles. The van der Waals surface area contributed by atoms with Gasteiger partial charge in [0.25, 0.3) is 0 Å². The zero-order valence-electron chi connectivity index (χ0n) is 13.9. The van der Waals surface area contributed by atoms with Crippen LogP contribution in [0, 0.1) is 5.92 Å². The molecule has 1 N–H and O–H groups in total. The standard InChI is InChI=1S/C17H26N2O3S/c1-14(2)10-16(11-19-9-8-17(20)12-19)18-23(21,22)13-15-6-4-3-5-7-15/h3-7,14,16,18H,8-13H2,1-2H3/t16-/m0/s1. The van der Waals surface area contributed by atoms with Crippen LogP contribution in [-0.2, 0) is 20.6 Å². The molecule has 6 heteroatoms. The number of rotatable bonds is 8. The van der Waals surface area contributed by atoms with Crippen molar-refractivity contribution in [2.24, 2.45) is 5.92 Å². The van der Waals surface area contributed by atoms with Crippen molar-refractivity contribution < 1.29 is 13.2 Å². The van der Waals surface area contributed by atoms with Crippen molar-refractivity contribution >= 4 is 15.8 Å². The minimum absolute atomic E-state index is 0.0125. The van der Waals surface area contributed by atoms with Gasteiger partial charge >= 0.3 is 0 Å². The summed E-state index contributed by atoms with van der Waals surface area (Å²) < 4.78 is 27.7. The predicted octanol–water partition coefficient (Wildman–Crippen LogP) is 1.80. The molecule has 2 rings (SSSR count). The number of hydrogen-bond acceptors (Lipinski definition) is 4. The molecule has 0 radical (unpaired) electrons. The molecule has 1 saturated heterocycles. The first-order valence-corrected chi connectivity index (χ1v) is 9.77. The van der Waals surface area contributed by atoms with E-state index in [1.807, 2.05) is 35.2 Å².